The number of rotatable bonds is 4. The molecule has 0 saturated heterocycles. The van der Waals surface area contributed by atoms with Crippen LogP contribution in [0.5, 0.6) is 0 Å². The summed E-state index contributed by atoms with van der Waals surface area (Å²) < 4.78 is 0. The lowest BCUT2D eigenvalue weighted by atomic mass is 10.1. The number of carbonyl (C=O) groups excluding carboxylic acids is 1. The van der Waals surface area contributed by atoms with Gasteiger partial charge in [-0.3, -0.25) is 4.79 Å². The number of aryl methyl sites for hydroxylation is 1. The van der Waals surface area contributed by atoms with Crippen molar-refractivity contribution in [3.8, 4) is 0 Å². The largest absolute Gasteiger partial charge is 0.392 e. The highest BCUT2D eigenvalue weighted by molar-refractivity contribution is 5.94. The quantitative estimate of drug-likeness (QED) is 0.881. The molecule has 0 radical (unpaired) electrons. The molecule has 0 aliphatic rings. The summed E-state index contributed by atoms with van der Waals surface area (Å²) in [5, 5.41) is 11.9. The molecular weight excluding hydrogens is 238 g/mol. The summed E-state index contributed by atoms with van der Waals surface area (Å²) in [6.45, 7) is 2.43. The van der Waals surface area contributed by atoms with E-state index < -0.39 is 0 Å². The van der Waals surface area contributed by atoms with Gasteiger partial charge in [0.2, 0.25) is 0 Å². The SMILES string of the molecule is Cc1cccc(C(=O)NCc2cccc(CO)c2)c1. The van der Waals surface area contributed by atoms with E-state index in [1.54, 1.807) is 6.07 Å². The van der Waals surface area contributed by atoms with Crippen LogP contribution in [0.3, 0.4) is 0 Å². The third-order valence-corrected chi connectivity index (χ3v) is 2.91. The van der Waals surface area contributed by atoms with Crippen LogP contribution < -0.4 is 5.32 Å². The fraction of sp³-hybridized carbons (Fsp3) is 0.188. The molecule has 0 heterocycles. The number of benzene rings is 2. The lowest BCUT2D eigenvalue weighted by molar-refractivity contribution is 0.0951. The van der Waals surface area contributed by atoms with Crippen molar-refractivity contribution in [3.63, 3.8) is 0 Å². The first-order valence-corrected chi connectivity index (χ1v) is 6.22. The van der Waals surface area contributed by atoms with Crippen LogP contribution in [0.25, 0.3) is 0 Å². The second-order valence-electron chi connectivity index (χ2n) is 4.53. The van der Waals surface area contributed by atoms with E-state index in [4.69, 9.17) is 5.11 Å². The number of hydrogen-bond acceptors (Lipinski definition) is 2. The lowest BCUT2D eigenvalue weighted by Gasteiger charge is -2.07. The van der Waals surface area contributed by atoms with Crippen LogP contribution in [0.4, 0.5) is 0 Å². The Labute approximate surface area is 112 Å². The van der Waals surface area contributed by atoms with Gasteiger partial charge >= 0.3 is 0 Å². The normalized spacial score (nSPS) is 10.2. The van der Waals surface area contributed by atoms with Crippen LogP contribution in [0.2, 0.25) is 0 Å². The van der Waals surface area contributed by atoms with E-state index in [1.807, 2.05) is 49.4 Å². The zero-order valence-electron chi connectivity index (χ0n) is 10.9. The van der Waals surface area contributed by atoms with Crippen molar-refractivity contribution in [1.29, 1.82) is 0 Å². The standard InChI is InChI=1S/C16H17NO2/c1-12-4-2-7-15(8-12)16(19)17-10-13-5-3-6-14(9-13)11-18/h2-9,18H,10-11H2,1H3,(H,17,19). The van der Waals surface area contributed by atoms with Crippen molar-refractivity contribution in [2.45, 2.75) is 20.1 Å². The Balaban J connectivity index is 2.00. The monoisotopic (exact) mass is 255 g/mol. The number of aliphatic hydroxyl groups excluding tert-OH is 1. The predicted octanol–water partition coefficient (Wildman–Crippen LogP) is 2.42. The molecule has 2 N–H and O–H groups in total. The van der Waals surface area contributed by atoms with E-state index in [0.29, 0.717) is 12.1 Å². The highest BCUT2D eigenvalue weighted by atomic mass is 16.3. The average Bonchev–Trinajstić information content (AvgIpc) is 2.45. The number of hydrogen-bond donors (Lipinski definition) is 2. The van der Waals surface area contributed by atoms with Crippen molar-refractivity contribution < 1.29 is 9.90 Å². The second-order valence-corrected chi connectivity index (χ2v) is 4.53. The molecule has 0 aliphatic carbocycles. The second kappa shape index (κ2) is 6.16. The maximum atomic E-state index is 12.0. The van der Waals surface area contributed by atoms with E-state index in [2.05, 4.69) is 5.32 Å². The highest BCUT2D eigenvalue weighted by Gasteiger charge is 2.05. The molecule has 19 heavy (non-hydrogen) atoms. The van der Waals surface area contributed by atoms with Crippen LogP contribution in [0, 0.1) is 6.92 Å². The lowest BCUT2D eigenvalue weighted by Crippen LogP contribution is -2.22. The molecule has 1 amide bonds. The number of nitrogens with one attached hydrogen (secondary N) is 1. The fourth-order valence-electron chi connectivity index (χ4n) is 1.91. The summed E-state index contributed by atoms with van der Waals surface area (Å²) in [5.74, 6) is -0.0851. The molecule has 0 aliphatic heterocycles. The Bertz CT molecular complexity index is 578. The third-order valence-electron chi connectivity index (χ3n) is 2.91. The van der Waals surface area contributed by atoms with Gasteiger partial charge in [0.15, 0.2) is 0 Å². The van der Waals surface area contributed by atoms with Gasteiger partial charge in [0.1, 0.15) is 0 Å². The van der Waals surface area contributed by atoms with Gasteiger partial charge in [-0.05, 0) is 30.2 Å². The van der Waals surface area contributed by atoms with E-state index in [-0.39, 0.29) is 12.5 Å². The van der Waals surface area contributed by atoms with Gasteiger partial charge in [0, 0.05) is 12.1 Å². The van der Waals surface area contributed by atoms with Crippen molar-refractivity contribution in [3.05, 3.63) is 70.8 Å². The van der Waals surface area contributed by atoms with Crippen molar-refractivity contribution in [1.82, 2.24) is 5.32 Å². The first kappa shape index (κ1) is 13.3. The molecule has 0 aromatic heterocycles. The molecule has 0 unspecified atom stereocenters. The summed E-state index contributed by atoms with van der Waals surface area (Å²) >= 11 is 0. The third kappa shape index (κ3) is 3.66. The molecule has 2 aromatic carbocycles. The Morgan fingerprint density at radius 2 is 1.84 bits per heavy atom. The summed E-state index contributed by atoms with van der Waals surface area (Å²) in [6.07, 6.45) is 0. The number of amides is 1. The minimum Gasteiger partial charge on any atom is -0.392 e. The van der Waals surface area contributed by atoms with Gasteiger partial charge in [0.05, 0.1) is 6.61 Å². The van der Waals surface area contributed by atoms with Gasteiger partial charge in [-0.15, -0.1) is 0 Å². The van der Waals surface area contributed by atoms with Gasteiger partial charge in [0.25, 0.3) is 5.91 Å². The first-order valence-electron chi connectivity index (χ1n) is 6.22. The van der Waals surface area contributed by atoms with Gasteiger partial charge in [-0.1, -0.05) is 42.0 Å². The molecule has 0 fully saturated rings. The van der Waals surface area contributed by atoms with Crippen LogP contribution in [-0.4, -0.2) is 11.0 Å². The van der Waals surface area contributed by atoms with Crippen LogP contribution in [0.15, 0.2) is 48.5 Å². The van der Waals surface area contributed by atoms with E-state index in [1.165, 1.54) is 0 Å². The summed E-state index contributed by atoms with van der Waals surface area (Å²) in [5.41, 5.74) is 3.56. The topological polar surface area (TPSA) is 49.3 Å². The van der Waals surface area contributed by atoms with Crippen molar-refractivity contribution in [2.24, 2.45) is 0 Å². The molecule has 3 nitrogen and oxygen atoms in total. The average molecular weight is 255 g/mol. The highest BCUT2D eigenvalue weighted by Crippen LogP contribution is 2.07. The van der Waals surface area contributed by atoms with Gasteiger partial charge in [-0.2, -0.15) is 0 Å². The maximum absolute atomic E-state index is 12.0. The van der Waals surface area contributed by atoms with Crippen LogP contribution in [-0.2, 0) is 13.2 Å². The van der Waals surface area contributed by atoms with E-state index in [0.717, 1.165) is 16.7 Å². The molecule has 2 rings (SSSR count). The molecule has 3 heteroatoms. The van der Waals surface area contributed by atoms with E-state index >= 15 is 0 Å². The van der Waals surface area contributed by atoms with Crippen LogP contribution in [0.1, 0.15) is 27.0 Å². The van der Waals surface area contributed by atoms with E-state index in [9.17, 15) is 4.79 Å². The zero-order valence-corrected chi connectivity index (χ0v) is 10.9. The number of carbonyl (C=O) groups is 1. The summed E-state index contributed by atoms with van der Waals surface area (Å²) in [6, 6.07) is 15.0. The Hall–Kier alpha value is -2.13. The van der Waals surface area contributed by atoms with Crippen LogP contribution >= 0.6 is 0 Å². The minimum atomic E-state index is -0.0851. The Morgan fingerprint density at radius 1 is 1.11 bits per heavy atom. The maximum Gasteiger partial charge on any atom is 0.251 e. The smallest absolute Gasteiger partial charge is 0.251 e. The fourth-order valence-corrected chi connectivity index (χ4v) is 1.91. The van der Waals surface area contributed by atoms with Gasteiger partial charge < -0.3 is 10.4 Å². The Kier molecular flexibility index (Phi) is 4.31. The first-order chi connectivity index (χ1) is 9.19. The number of aliphatic hydroxyl groups is 1. The zero-order chi connectivity index (χ0) is 13.7. The van der Waals surface area contributed by atoms with Crippen molar-refractivity contribution in [2.75, 3.05) is 0 Å². The summed E-state index contributed by atoms with van der Waals surface area (Å²) in [7, 11) is 0. The van der Waals surface area contributed by atoms with Crippen molar-refractivity contribution >= 4 is 5.91 Å². The minimum absolute atomic E-state index is 0.0136. The molecule has 0 atom stereocenters. The van der Waals surface area contributed by atoms with Gasteiger partial charge in [-0.25, -0.2) is 0 Å². The molecule has 98 valence electrons. The molecule has 0 bridgehead atoms. The molecule has 0 spiro atoms. The Morgan fingerprint density at radius 3 is 2.58 bits per heavy atom. The predicted molar refractivity (Wildman–Crippen MR) is 74.7 cm³/mol. The molecule has 2 aromatic rings. The summed E-state index contributed by atoms with van der Waals surface area (Å²) in [4.78, 5) is 12.0. The molecule has 0 saturated carbocycles. The molecular formula is C16H17NO2.